The summed E-state index contributed by atoms with van der Waals surface area (Å²) in [7, 11) is 0. The Morgan fingerprint density at radius 3 is 2.65 bits per heavy atom. The number of carbonyl (C=O) groups excluding carboxylic acids is 1. The van der Waals surface area contributed by atoms with Gasteiger partial charge in [-0.2, -0.15) is 0 Å². The van der Waals surface area contributed by atoms with Gasteiger partial charge in [-0.25, -0.2) is 9.18 Å². The molecule has 2 rings (SSSR count). The van der Waals surface area contributed by atoms with Crippen LogP contribution in [0.4, 0.5) is 10.1 Å². The molecule has 0 spiro atoms. The topological polar surface area (TPSA) is 92.4 Å². The molecule has 104 valence electrons. The molecule has 0 aliphatic heterocycles. The Kier molecular flexibility index (Phi) is 3.99. The van der Waals surface area contributed by atoms with Crippen molar-refractivity contribution in [3.05, 3.63) is 52.0 Å². The molecule has 0 radical (unpaired) electrons. The predicted octanol–water partition coefficient (Wildman–Crippen LogP) is 2.03. The summed E-state index contributed by atoms with van der Waals surface area (Å²) < 4.78 is 13.3. The quantitative estimate of drug-likeness (QED) is 0.752. The number of nitrogen functional groups attached to an aromatic ring is 1. The SMILES string of the molecule is Nc1c(F)cccc1C(=O)NC(C(=O)O)c1cccs1. The molecule has 1 heterocycles. The minimum Gasteiger partial charge on any atom is -0.479 e. The highest BCUT2D eigenvalue weighted by Gasteiger charge is 2.24. The lowest BCUT2D eigenvalue weighted by Gasteiger charge is -2.14. The summed E-state index contributed by atoms with van der Waals surface area (Å²) >= 11 is 1.20. The van der Waals surface area contributed by atoms with Crippen LogP contribution in [0, 0.1) is 5.82 Å². The number of halogens is 1. The van der Waals surface area contributed by atoms with E-state index in [-0.39, 0.29) is 11.3 Å². The van der Waals surface area contributed by atoms with Crippen molar-refractivity contribution in [2.24, 2.45) is 0 Å². The van der Waals surface area contributed by atoms with Crippen molar-refractivity contribution < 1.29 is 19.1 Å². The van der Waals surface area contributed by atoms with E-state index in [0.29, 0.717) is 4.88 Å². The zero-order valence-electron chi connectivity index (χ0n) is 10.2. The molecule has 1 amide bonds. The van der Waals surface area contributed by atoms with Crippen LogP contribution in [-0.2, 0) is 4.79 Å². The Morgan fingerprint density at radius 2 is 2.05 bits per heavy atom. The summed E-state index contributed by atoms with van der Waals surface area (Å²) in [4.78, 5) is 23.7. The summed E-state index contributed by atoms with van der Waals surface area (Å²) in [5.74, 6) is -2.65. The number of carbonyl (C=O) groups is 2. The first-order valence-electron chi connectivity index (χ1n) is 5.61. The monoisotopic (exact) mass is 294 g/mol. The average Bonchev–Trinajstić information content (AvgIpc) is 2.92. The molecule has 1 unspecified atom stereocenters. The molecule has 1 aromatic heterocycles. The lowest BCUT2D eigenvalue weighted by Crippen LogP contribution is -2.33. The van der Waals surface area contributed by atoms with Gasteiger partial charge in [0.15, 0.2) is 6.04 Å². The van der Waals surface area contributed by atoms with Gasteiger partial charge in [0.1, 0.15) is 5.82 Å². The van der Waals surface area contributed by atoms with Crippen LogP contribution < -0.4 is 11.1 Å². The molecule has 1 aromatic carbocycles. The number of carboxylic acids is 1. The summed E-state index contributed by atoms with van der Waals surface area (Å²) in [5, 5.41) is 13.2. The number of benzene rings is 1. The second-order valence-electron chi connectivity index (χ2n) is 3.96. The number of para-hydroxylation sites is 1. The number of anilines is 1. The van der Waals surface area contributed by atoms with E-state index in [1.54, 1.807) is 17.5 Å². The molecular weight excluding hydrogens is 283 g/mol. The average molecular weight is 294 g/mol. The molecule has 5 nitrogen and oxygen atoms in total. The molecule has 1 atom stereocenters. The molecule has 4 N–H and O–H groups in total. The maximum Gasteiger partial charge on any atom is 0.331 e. The van der Waals surface area contributed by atoms with E-state index in [4.69, 9.17) is 10.8 Å². The molecular formula is C13H11FN2O3S. The summed E-state index contributed by atoms with van der Waals surface area (Å²) in [6.45, 7) is 0. The van der Waals surface area contributed by atoms with Gasteiger partial charge >= 0.3 is 5.97 Å². The number of nitrogens with two attached hydrogens (primary N) is 1. The molecule has 0 aliphatic rings. The van der Waals surface area contributed by atoms with Crippen molar-refractivity contribution >= 4 is 28.9 Å². The van der Waals surface area contributed by atoms with Gasteiger partial charge in [-0.3, -0.25) is 4.79 Å². The van der Waals surface area contributed by atoms with Gasteiger partial charge in [0, 0.05) is 4.88 Å². The van der Waals surface area contributed by atoms with Crippen molar-refractivity contribution in [3.8, 4) is 0 Å². The third-order valence-corrected chi connectivity index (χ3v) is 3.58. The summed E-state index contributed by atoms with van der Waals surface area (Å²) in [6.07, 6.45) is 0. The third-order valence-electron chi connectivity index (χ3n) is 2.65. The minimum absolute atomic E-state index is 0.0900. The van der Waals surface area contributed by atoms with E-state index in [9.17, 15) is 14.0 Å². The zero-order chi connectivity index (χ0) is 14.7. The summed E-state index contributed by atoms with van der Waals surface area (Å²) in [5.41, 5.74) is 5.08. The fourth-order valence-corrected chi connectivity index (χ4v) is 2.42. The van der Waals surface area contributed by atoms with Gasteiger partial charge in [0.2, 0.25) is 0 Å². The van der Waals surface area contributed by atoms with E-state index in [1.165, 1.54) is 23.5 Å². The fraction of sp³-hybridized carbons (Fsp3) is 0.0769. The van der Waals surface area contributed by atoms with Crippen molar-refractivity contribution in [2.75, 3.05) is 5.73 Å². The van der Waals surface area contributed by atoms with Crippen LogP contribution in [0.15, 0.2) is 35.7 Å². The highest BCUT2D eigenvalue weighted by Crippen LogP contribution is 2.21. The highest BCUT2D eigenvalue weighted by molar-refractivity contribution is 7.10. The molecule has 2 aromatic rings. The summed E-state index contributed by atoms with van der Waals surface area (Å²) in [6, 6.07) is 5.88. The van der Waals surface area contributed by atoms with Crippen molar-refractivity contribution in [1.82, 2.24) is 5.32 Å². The maximum atomic E-state index is 13.3. The first kappa shape index (κ1) is 14.0. The molecule has 20 heavy (non-hydrogen) atoms. The smallest absolute Gasteiger partial charge is 0.331 e. The lowest BCUT2D eigenvalue weighted by molar-refractivity contribution is -0.139. The Morgan fingerprint density at radius 1 is 1.30 bits per heavy atom. The number of amides is 1. The molecule has 0 saturated heterocycles. The molecule has 7 heteroatoms. The molecule has 0 fully saturated rings. The Hall–Kier alpha value is -2.41. The van der Waals surface area contributed by atoms with Crippen LogP contribution in [0.3, 0.4) is 0 Å². The molecule has 0 saturated carbocycles. The minimum atomic E-state index is -1.20. The number of aliphatic carboxylic acids is 1. The van der Waals surface area contributed by atoms with Crippen LogP contribution >= 0.6 is 11.3 Å². The fourth-order valence-electron chi connectivity index (χ4n) is 1.65. The van der Waals surface area contributed by atoms with Crippen molar-refractivity contribution in [2.45, 2.75) is 6.04 Å². The van der Waals surface area contributed by atoms with Gasteiger partial charge < -0.3 is 16.2 Å². The normalized spacial score (nSPS) is 11.8. The number of hydrogen-bond acceptors (Lipinski definition) is 4. The van der Waals surface area contributed by atoms with E-state index in [0.717, 1.165) is 6.07 Å². The first-order valence-corrected chi connectivity index (χ1v) is 6.49. The Balaban J connectivity index is 2.25. The Bertz CT molecular complexity index is 643. The standard InChI is InChI=1S/C13H11FN2O3S/c14-8-4-1-3-7(10(8)15)12(17)16-11(13(18)19)9-5-2-6-20-9/h1-6,11H,15H2,(H,16,17)(H,18,19). The van der Waals surface area contributed by atoms with Crippen LogP contribution in [0.2, 0.25) is 0 Å². The van der Waals surface area contributed by atoms with Crippen molar-refractivity contribution in [3.63, 3.8) is 0 Å². The van der Waals surface area contributed by atoms with Gasteiger partial charge in [-0.1, -0.05) is 12.1 Å². The predicted molar refractivity (Wildman–Crippen MR) is 73.0 cm³/mol. The van der Waals surface area contributed by atoms with Gasteiger partial charge in [-0.15, -0.1) is 11.3 Å². The van der Waals surface area contributed by atoms with Crippen molar-refractivity contribution in [1.29, 1.82) is 0 Å². The van der Waals surface area contributed by atoms with E-state index < -0.39 is 23.7 Å². The van der Waals surface area contributed by atoms with Crippen LogP contribution in [0.5, 0.6) is 0 Å². The van der Waals surface area contributed by atoms with Gasteiger partial charge in [0.25, 0.3) is 5.91 Å². The number of hydrogen-bond donors (Lipinski definition) is 3. The molecule has 0 aliphatic carbocycles. The van der Waals surface area contributed by atoms with Gasteiger partial charge in [-0.05, 0) is 23.6 Å². The second-order valence-corrected chi connectivity index (χ2v) is 4.94. The van der Waals surface area contributed by atoms with Crippen LogP contribution in [-0.4, -0.2) is 17.0 Å². The highest BCUT2D eigenvalue weighted by atomic mass is 32.1. The number of thiophene rings is 1. The zero-order valence-corrected chi connectivity index (χ0v) is 11.0. The van der Waals surface area contributed by atoms with Crippen LogP contribution in [0.1, 0.15) is 21.3 Å². The second kappa shape index (κ2) is 5.70. The first-order chi connectivity index (χ1) is 9.50. The largest absolute Gasteiger partial charge is 0.479 e. The van der Waals surface area contributed by atoms with E-state index in [1.807, 2.05) is 0 Å². The van der Waals surface area contributed by atoms with Crippen LogP contribution in [0.25, 0.3) is 0 Å². The lowest BCUT2D eigenvalue weighted by atomic mass is 10.1. The number of rotatable bonds is 4. The maximum absolute atomic E-state index is 13.3. The van der Waals surface area contributed by atoms with E-state index >= 15 is 0 Å². The Labute approximate surface area is 117 Å². The molecule has 0 bridgehead atoms. The van der Waals surface area contributed by atoms with E-state index in [2.05, 4.69) is 5.32 Å². The third kappa shape index (κ3) is 2.77. The number of carboxylic acid groups (broad SMARTS) is 1. The van der Waals surface area contributed by atoms with Gasteiger partial charge in [0.05, 0.1) is 11.3 Å². The number of nitrogens with one attached hydrogen (secondary N) is 1.